The van der Waals surface area contributed by atoms with Crippen LogP contribution in [-0.2, 0) is 0 Å². The van der Waals surface area contributed by atoms with Gasteiger partial charge in [0.25, 0.3) is 0 Å². The summed E-state index contributed by atoms with van der Waals surface area (Å²) in [4.78, 5) is 2.34. The van der Waals surface area contributed by atoms with Crippen LogP contribution >= 0.6 is 0 Å². The van der Waals surface area contributed by atoms with Crippen LogP contribution in [0.5, 0.6) is 11.5 Å². The molecule has 0 bridgehead atoms. The van der Waals surface area contributed by atoms with E-state index < -0.39 is 0 Å². The fourth-order valence-electron chi connectivity index (χ4n) is 3.60. The molecular formula is C18H20N2O2. The lowest BCUT2D eigenvalue weighted by Gasteiger charge is -2.39. The number of hydrogen-bond donors (Lipinski definition) is 1. The SMILES string of the molecule is CN1CC(c2ccc3c(c2)OCO3)c2ccccc2C1CN. The highest BCUT2D eigenvalue weighted by molar-refractivity contribution is 5.49. The molecule has 0 aromatic heterocycles. The molecule has 4 rings (SSSR count). The summed E-state index contributed by atoms with van der Waals surface area (Å²) < 4.78 is 10.9. The van der Waals surface area contributed by atoms with Crippen LogP contribution < -0.4 is 15.2 Å². The average molecular weight is 296 g/mol. The third-order valence-electron chi connectivity index (χ3n) is 4.76. The summed E-state index contributed by atoms with van der Waals surface area (Å²) in [7, 11) is 2.15. The Kier molecular flexibility index (Phi) is 3.28. The molecule has 0 aliphatic carbocycles. The summed E-state index contributed by atoms with van der Waals surface area (Å²) in [5.41, 5.74) is 9.96. The Bertz CT molecular complexity index is 701. The largest absolute Gasteiger partial charge is 0.454 e. The van der Waals surface area contributed by atoms with Gasteiger partial charge in [0.1, 0.15) is 0 Å². The van der Waals surface area contributed by atoms with Crippen molar-refractivity contribution in [2.24, 2.45) is 5.73 Å². The van der Waals surface area contributed by atoms with Gasteiger partial charge in [-0.15, -0.1) is 0 Å². The van der Waals surface area contributed by atoms with Crippen molar-refractivity contribution in [1.82, 2.24) is 4.90 Å². The second kappa shape index (κ2) is 5.30. The van der Waals surface area contributed by atoms with Crippen LogP contribution in [0.2, 0.25) is 0 Å². The molecule has 0 fully saturated rings. The zero-order valence-corrected chi connectivity index (χ0v) is 12.7. The topological polar surface area (TPSA) is 47.7 Å². The van der Waals surface area contributed by atoms with Crippen molar-refractivity contribution in [3.63, 3.8) is 0 Å². The summed E-state index contributed by atoms with van der Waals surface area (Å²) in [5.74, 6) is 2.01. The predicted octanol–water partition coefficient (Wildman–Crippen LogP) is 2.49. The molecule has 2 aromatic rings. The summed E-state index contributed by atoms with van der Waals surface area (Å²) >= 11 is 0. The number of benzene rings is 2. The lowest BCUT2D eigenvalue weighted by Crippen LogP contribution is -2.39. The van der Waals surface area contributed by atoms with Crippen molar-refractivity contribution < 1.29 is 9.47 Å². The van der Waals surface area contributed by atoms with Gasteiger partial charge in [0.15, 0.2) is 11.5 Å². The van der Waals surface area contributed by atoms with Gasteiger partial charge in [-0.2, -0.15) is 0 Å². The van der Waals surface area contributed by atoms with E-state index in [2.05, 4.69) is 48.3 Å². The third-order valence-corrected chi connectivity index (χ3v) is 4.76. The van der Waals surface area contributed by atoms with E-state index in [4.69, 9.17) is 15.2 Å². The molecule has 2 aliphatic heterocycles. The number of rotatable bonds is 2. The average Bonchev–Trinajstić information content (AvgIpc) is 3.01. The van der Waals surface area contributed by atoms with Crippen LogP contribution in [0.3, 0.4) is 0 Å². The van der Waals surface area contributed by atoms with Crippen molar-refractivity contribution >= 4 is 0 Å². The van der Waals surface area contributed by atoms with Crippen molar-refractivity contribution in [2.45, 2.75) is 12.0 Å². The Morgan fingerprint density at radius 3 is 2.68 bits per heavy atom. The van der Waals surface area contributed by atoms with E-state index in [1.54, 1.807) is 0 Å². The van der Waals surface area contributed by atoms with E-state index in [-0.39, 0.29) is 0 Å². The quantitative estimate of drug-likeness (QED) is 0.925. The maximum atomic E-state index is 5.99. The van der Waals surface area contributed by atoms with Gasteiger partial charge in [-0.05, 0) is 35.9 Å². The van der Waals surface area contributed by atoms with Crippen molar-refractivity contribution in [1.29, 1.82) is 0 Å². The molecule has 0 saturated carbocycles. The van der Waals surface area contributed by atoms with Crippen LogP contribution in [0.1, 0.15) is 28.7 Å². The molecule has 2 heterocycles. The molecule has 0 spiro atoms. The van der Waals surface area contributed by atoms with E-state index in [9.17, 15) is 0 Å². The van der Waals surface area contributed by atoms with Gasteiger partial charge in [0.05, 0.1) is 0 Å². The van der Waals surface area contributed by atoms with E-state index >= 15 is 0 Å². The molecule has 0 radical (unpaired) electrons. The lowest BCUT2D eigenvalue weighted by atomic mass is 9.81. The Labute approximate surface area is 130 Å². The summed E-state index contributed by atoms with van der Waals surface area (Å²) in [6.07, 6.45) is 0. The first-order valence-electron chi connectivity index (χ1n) is 7.66. The smallest absolute Gasteiger partial charge is 0.231 e. The van der Waals surface area contributed by atoms with Gasteiger partial charge < -0.3 is 15.2 Å². The monoisotopic (exact) mass is 296 g/mol. The van der Waals surface area contributed by atoms with Crippen LogP contribution in [0, 0.1) is 0 Å². The zero-order valence-electron chi connectivity index (χ0n) is 12.7. The summed E-state index contributed by atoms with van der Waals surface area (Å²) in [6, 6.07) is 15.2. The first kappa shape index (κ1) is 13.6. The van der Waals surface area contributed by atoms with Crippen molar-refractivity contribution in [3.8, 4) is 11.5 Å². The molecule has 2 unspecified atom stereocenters. The van der Waals surface area contributed by atoms with Crippen LogP contribution in [-0.4, -0.2) is 31.8 Å². The van der Waals surface area contributed by atoms with Gasteiger partial charge >= 0.3 is 0 Å². The first-order valence-corrected chi connectivity index (χ1v) is 7.66. The van der Waals surface area contributed by atoms with E-state index in [0.717, 1.165) is 18.0 Å². The number of hydrogen-bond acceptors (Lipinski definition) is 4. The molecule has 22 heavy (non-hydrogen) atoms. The molecule has 2 aromatic carbocycles. The summed E-state index contributed by atoms with van der Waals surface area (Å²) in [6.45, 7) is 1.91. The number of likely N-dealkylation sites (N-methyl/N-ethyl adjacent to an activating group) is 1. The van der Waals surface area contributed by atoms with E-state index in [1.165, 1.54) is 16.7 Å². The fraction of sp³-hybridized carbons (Fsp3) is 0.333. The fourth-order valence-corrected chi connectivity index (χ4v) is 3.60. The molecule has 2 atom stereocenters. The van der Waals surface area contributed by atoms with Gasteiger partial charge in [-0.3, -0.25) is 4.90 Å². The third kappa shape index (κ3) is 2.07. The molecule has 4 heteroatoms. The number of nitrogens with two attached hydrogens (primary N) is 1. The molecule has 0 saturated heterocycles. The highest BCUT2D eigenvalue weighted by atomic mass is 16.7. The number of nitrogens with zero attached hydrogens (tertiary/aromatic N) is 1. The van der Waals surface area contributed by atoms with Crippen molar-refractivity contribution in [3.05, 3.63) is 59.2 Å². The van der Waals surface area contributed by atoms with Gasteiger partial charge in [-0.25, -0.2) is 0 Å². The summed E-state index contributed by atoms with van der Waals surface area (Å²) in [5, 5.41) is 0. The Hall–Kier alpha value is -2.04. The molecule has 114 valence electrons. The molecular weight excluding hydrogens is 276 g/mol. The standard InChI is InChI=1S/C18H20N2O2/c1-20-10-15(12-6-7-17-18(8-12)22-11-21-17)13-4-2-3-5-14(13)16(20)9-19/h2-8,15-16H,9-11,19H2,1H3. The minimum atomic E-state index is 0.293. The van der Waals surface area contributed by atoms with Crippen LogP contribution in [0.4, 0.5) is 0 Å². The van der Waals surface area contributed by atoms with Gasteiger partial charge in [-0.1, -0.05) is 30.3 Å². The number of fused-ring (bicyclic) bond motifs is 2. The van der Waals surface area contributed by atoms with Crippen molar-refractivity contribution in [2.75, 3.05) is 26.9 Å². The highest BCUT2D eigenvalue weighted by Crippen LogP contribution is 2.41. The Morgan fingerprint density at radius 1 is 1.09 bits per heavy atom. The molecule has 2 aliphatic rings. The van der Waals surface area contributed by atoms with Crippen LogP contribution in [0.25, 0.3) is 0 Å². The van der Waals surface area contributed by atoms with Gasteiger partial charge in [0, 0.05) is 25.0 Å². The second-order valence-corrected chi connectivity index (χ2v) is 5.99. The van der Waals surface area contributed by atoms with Gasteiger partial charge in [0.2, 0.25) is 6.79 Å². The Balaban J connectivity index is 1.79. The first-order chi connectivity index (χ1) is 10.8. The molecule has 0 amide bonds. The minimum absolute atomic E-state index is 0.293. The highest BCUT2D eigenvalue weighted by Gasteiger charge is 2.31. The van der Waals surface area contributed by atoms with E-state index in [0.29, 0.717) is 25.3 Å². The second-order valence-electron chi connectivity index (χ2n) is 5.99. The Morgan fingerprint density at radius 2 is 1.86 bits per heavy atom. The maximum absolute atomic E-state index is 5.99. The normalized spacial score (nSPS) is 23.4. The maximum Gasteiger partial charge on any atom is 0.231 e. The zero-order chi connectivity index (χ0) is 15.1. The molecule has 4 nitrogen and oxygen atoms in total. The predicted molar refractivity (Wildman–Crippen MR) is 85.3 cm³/mol. The minimum Gasteiger partial charge on any atom is -0.454 e. The lowest BCUT2D eigenvalue weighted by molar-refractivity contribution is 0.174. The molecule has 2 N–H and O–H groups in total. The number of ether oxygens (including phenoxy) is 2. The van der Waals surface area contributed by atoms with Crippen LogP contribution in [0.15, 0.2) is 42.5 Å². The van der Waals surface area contributed by atoms with E-state index in [1.807, 2.05) is 6.07 Å².